The Morgan fingerprint density at radius 3 is 2.96 bits per heavy atom. The largest absolute Gasteiger partial charge is 0.387 e. The van der Waals surface area contributed by atoms with Crippen molar-refractivity contribution in [1.82, 2.24) is 19.7 Å². The molecule has 0 aliphatic carbocycles. The summed E-state index contributed by atoms with van der Waals surface area (Å²) in [5.41, 5.74) is 4.86. The van der Waals surface area contributed by atoms with Crippen LogP contribution in [-0.2, 0) is 24.3 Å². The predicted molar refractivity (Wildman–Crippen MR) is 99.6 cm³/mol. The number of hydrogen-bond donors (Lipinski definition) is 2. The Morgan fingerprint density at radius 1 is 1.35 bits per heavy atom. The van der Waals surface area contributed by atoms with E-state index >= 15 is 0 Å². The van der Waals surface area contributed by atoms with E-state index in [0.717, 1.165) is 47.4 Å². The first-order valence-corrected chi connectivity index (χ1v) is 9.11. The van der Waals surface area contributed by atoms with Crippen molar-refractivity contribution in [3.05, 3.63) is 53.0 Å². The summed E-state index contributed by atoms with van der Waals surface area (Å²) in [7, 11) is 0. The number of nitrogens with one attached hydrogen (secondary N) is 1. The zero-order valence-corrected chi connectivity index (χ0v) is 15.2. The smallest absolute Gasteiger partial charge is 0.227 e. The SMILES string of the molecule is Cc1[nH]c2ccccc2c1CC(=O)N1CCCn2nc(C(C)O)cc2C1. The van der Waals surface area contributed by atoms with Crippen molar-refractivity contribution < 1.29 is 9.90 Å². The molecule has 0 spiro atoms. The van der Waals surface area contributed by atoms with Gasteiger partial charge in [-0.25, -0.2) is 0 Å². The second kappa shape index (κ2) is 6.61. The second-order valence-electron chi connectivity index (χ2n) is 7.08. The summed E-state index contributed by atoms with van der Waals surface area (Å²) >= 11 is 0. The molecule has 6 heteroatoms. The Bertz CT molecular complexity index is 954. The summed E-state index contributed by atoms with van der Waals surface area (Å²) in [6.45, 7) is 5.78. The van der Waals surface area contributed by atoms with E-state index in [-0.39, 0.29) is 5.91 Å². The zero-order chi connectivity index (χ0) is 18.3. The van der Waals surface area contributed by atoms with E-state index in [4.69, 9.17) is 0 Å². The number of carbonyl (C=O) groups excluding carboxylic acids is 1. The molecular weight excluding hydrogens is 328 g/mol. The van der Waals surface area contributed by atoms with E-state index < -0.39 is 6.10 Å². The molecule has 2 N–H and O–H groups in total. The Balaban J connectivity index is 1.56. The van der Waals surface area contributed by atoms with E-state index in [2.05, 4.69) is 16.1 Å². The lowest BCUT2D eigenvalue weighted by Gasteiger charge is -2.20. The van der Waals surface area contributed by atoms with Crippen LogP contribution in [0.2, 0.25) is 0 Å². The van der Waals surface area contributed by atoms with Crippen molar-refractivity contribution >= 4 is 16.8 Å². The van der Waals surface area contributed by atoms with Gasteiger partial charge in [0, 0.05) is 29.7 Å². The number of fused-ring (bicyclic) bond motifs is 2. The van der Waals surface area contributed by atoms with Crippen LogP contribution in [0.25, 0.3) is 10.9 Å². The lowest BCUT2D eigenvalue weighted by Crippen LogP contribution is -2.32. The number of rotatable bonds is 3. The first-order valence-electron chi connectivity index (χ1n) is 9.11. The number of aromatic nitrogens is 3. The number of hydrogen-bond acceptors (Lipinski definition) is 3. The monoisotopic (exact) mass is 352 g/mol. The molecule has 1 aliphatic heterocycles. The highest BCUT2D eigenvalue weighted by atomic mass is 16.3. The maximum Gasteiger partial charge on any atom is 0.227 e. The fourth-order valence-corrected chi connectivity index (χ4v) is 3.73. The van der Waals surface area contributed by atoms with Crippen LogP contribution in [-0.4, -0.2) is 37.2 Å². The van der Waals surface area contributed by atoms with Gasteiger partial charge in [0.05, 0.1) is 30.5 Å². The van der Waals surface area contributed by atoms with E-state index in [1.165, 1.54) is 0 Å². The number of amides is 1. The third-order valence-electron chi connectivity index (χ3n) is 5.17. The molecule has 3 aromatic rings. The summed E-state index contributed by atoms with van der Waals surface area (Å²) < 4.78 is 1.92. The van der Waals surface area contributed by atoms with Crippen LogP contribution in [0.3, 0.4) is 0 Å². The van der Waals surface area contributed by atoms with E-state index in [1.807, 2.05) is 40.8 Å². The molecular formula is C20H24N4O2. The maximum atomic E-state index is 13.0. The predicted octanol–water partition coefficient (Wildman–Crippen LogP) is 2.70. The van der Waals surface area contributed by atoms with Crippen LogP contribution < -0.4 is 0 Å². The van der Waals surface area contributed by atoms with Crippen molar-refractivity contribution in [3.63, 3.8) is 0 Å². The fourth-order valence-electron chi connectivity index (χ4n) is 3.73. The average molecular weight is 352 g/mol. The first-order chi connectivity index (χ1) is 12.5. The van der Waals surface area contributed by atoms with E-state index in [1.54, 1.807) is 6.92 Å². The minimum absolute atomic E-state index is 0.131. The molecule has 26 heavy (non-hydrogen) atoms. The molecule has 0 saturated carbocycles. The normalized spacial score (nSPS) is 15.7. The zero-order valence-electron chi connectivity index (χ0n) is 15.2. The van der Waals surface area contributed by atoms with Crippen molar-refractivity contribution in [1.29, 1.82) is 0 Å². The Kier molecular flexibility index (Phi) is 4.28. The molecule has 3 heterocycles. The highest BCUT2D eigenvalue weighted by Crippen LogP contribution is 2.24. The summed E-state index contributed by atoms with van der Waals surface area (Å²) in [5.74, 6) is 0.131. The molecule has 2 aromatic heterocycles. The summed E-state index contributed by atoms with van der Waals surface area (Å²) in [6, 6.07) is 10.0. The topological polar surface area (TPSA) is 74.2 Å². The van der Waals surface area contributed by atoms with Crippen LogP contribution in [0.4, 0.5) is 0 Å². The Labute approximate surface area is 152 Å². The number of para-hydroxylation sites is 1. The minimum atomic E-state index is -0.590. The molecule has 1 aromatic carbocycles. The quantitative estimate of drug-likeness (QED) is 0.761. The number of aryl methyl sites for hydroxylation is 2. The lowest BCUT2D eigenvalue weighted by molar-refractivity contribution is -0.131. The van der Waals surface area contributed by atoms with Gasteiger partial charge in [0.2, 0.25) is 5.91 Å². The highest BCUT2D eigenvalue weighted by Gasteiger charge is 2.23. The molecule has 136 valence electrons. The minimum Gasteiger partial charge on any atom is -0.387 e. The van der Waals surface area contributed by atoms with Gasteiger partial charge in [0.25, 0.3) is 0 Å². The number of carbonyl (C=O) groups is 1. The van der Waals surface area contributed by atoms with Crippen molar-refractivity contribution in [2.75, 3.05) is 6.54 Å². The maximum absolute atomic E-state index is 13.0. The van der Waals surface area contributed by atoms with Crippen LogP contribution >= 0.6 is 0 Å². The molecule has 1 amide bonds. The van der Waals surface area contributed by atoms with Gasteiger partial charge in [0.15, 0.2) is 0 Å². The van der Waals surface area contributed by atoms with E-state index in [0.29, 0.717) is 18.7 Å². The standard InChI is InChI=1S/C20H24N4O2/c1-13-17(16-6-3-4-7-18(16)21-13)11-20(26)23-8-5-9-24-15(12-23)10-19(22-24)14(2)25/h3-4,6-7,10,14,21,25H,5,8-9,11-12H2,1-2H3. The van der Waals surface area contributed by atoms with E-state index in [9.17, 15) is 9.90 Å². The lowest BCUT2D eigenvalue weighted by atomic mass is 10.1. The number of benzene rings is 1. The van der Waals surface area contributed by atoms with Gasteiger partial charge in [-0.1, -0.05) is 18.2 Å². The van der Waals surface area contributed by atoms with Gasteiger partial charge in [-0.15, -0.1) is 0 Å². The molecule has 1 aliphatic rings. The number of H-pyrrole nitrogens is 1. The number of aromatic amines is 1. The third kappa shape index (κ3) is 3.01. The molecule has 6 nitrogen and oxygen atoms in total. The van der Waals surface area contributed by atoms with Gasteiger partial charge < -0.3 is 15.0 Å². The van der Waals surface area contributed by atoms with Crippen molar-refractivity contribution in [3.8, 4) is 0 Å². The Hall–Kier alpha value is -2.60. The number of aliphatic hydroxyl groups excluding tert-OH is 1. The first kappa shape index (κ1) is 16.8. The second-order valence-corrected chi connectivity index (χ2v) is 7.08. The molecule has 0 fully saturated rings. The van der Waals surface area contributed by atoms with Crippen LogP contribution in [0.1, 0.15) is 42.1 Å². The molecule has 0 saturated heterocycles. The molecule has 1 unspecified atom stereocenters. The van der Waals surface area contributed by atoms with Gasteiger partial charge in [0.1, 0.15) is 0 Å². The van der Waals surface area contributed by atoms with Crippen molar-refractivity contribution in [2.24, 2.45) is 0 Å². The Morgan fingerprint density at radius 2 is 2.15 bits per heavy atom. The molecule has 4 rings (SSSR count). The van der Waals surface area contributed by atoms with Crippen LogP contribution in [0.5, 0.6) is 0 Å². The summed E-state index contributed by atoms with van der Waals surface area (Å²) in [6.07, 6.45) is 0.673. The summed E-state index contributed by atoms with van der Waals surface area (Å²) in [4.78, 5) is 18.3. The average Bonchev–Trinajstić information content (AvgIpc) is 3.09. The molecule has 0 bridgehead atoms. The molecule has 1 atom stereocenters. The number of nitrogens with zero attached hydrogens (tertiary/aromatic N) is 3. The highest BCUT2D eigenvalue weighted by molar-refractivity contribution is 5.90. The van der Waals surface area contributed by atoms with Gasteiger partial charge in [-0.3, -0.25) is 9.48 Å². The van der Waals surface area contributed by atoms with Crippen molar-refractivity contribution in [2.45, 2.75) is 45.9 Å². The van der Waals surface area contributed by atoms with Crippen LogP contribution in [0.15, 0.2) is 30.3 Å². The summed E-state index contributed by atoms with van der Waals surface area (Å²) in [5, 5.41) is 15.3. The molecule has 0 radical (unpaired) electrons. The fraction of sp³-hybridized carbons (Fsp3) is 0.400. The third-order valence-corrected chi connectivity index (χ3v) is 5.17. The van der Waals surface area contributed by atoms with Crippen LogP contribution in [0, 0.1) is 6.92 Å². The number of aliphatic hydroxyl groups is 1. The van der Waals surface area contributed by atoms with Gasteiger partial charge in [-0.05, 0) is 38.0 Å². The van der Waals surface area contributed by atoms with Gasteiger partial charge in [-0.2, -0.15) is 5.10 Å². The van der Waals surface area contributed by atoms with Gasteiger partial charge >= 0.3 is 0 Å².